The largest absolute Gasteiger partial charge is 0.473 e. The summed E-state index contributed by atoms with van der Waals surface area (Å²) < 4.78 is 32.0. The minimum Gasteiger partial charge on any atom is -0.473 e. The smallest absolute Gasteiger partial charge is 0.213 e. The van der Waals surface area contributed by atoms with Crippen LogP contribution < -0.4 is 4.74 Å². The molecule has 0 spiro atoms. The van der Waals surface area contributed by atoms with Crippen molar-refractivity contribution < 1.29 is 13.5 Å². The van der Waals surface area contributed by atoms with Crippen molar-refractivity contribution in [2.75, 3.05) is 0 Å². The van der Waals surface area contributed by atoms with Crippen LogP contribution in [-0.4, -0.2) is 4.98 Å². The van der Waals surface area contributed by atoms with Gasteiger partial charge in [0.15, 0.2) is 0 Å². The van der Waals surface area contributed by atoms with Crippen LogP contribution in [0.2, 0.25) is 0 Å². The predicted molar refractivity (Wildman–Crippen MR) is 64.3 cm³/mol. The van der Waals surface area contributed by atoms with Crippen LogP contribution in [0.4, 0.5) is 8.78 Å². The molecular formula is C14H13F2NO. The molecule has 18 heavy (non-hydrogen) atoms. The Kier molecular flexibility index (Phi) is 3.87. The molecular weight excluding hydrogens is 236 g/mol. The molecule has 1 aromatic heterocycles. The molecule has 1 aromatic carbocycles. The predicted octanol–water partition coefficient (Wildman–Crippen LogP) is 3.50. The van der Waals surface area contributed by atoms with Crippen molar-refractivity contribution in [3.8, 4) is 5.88 Å². The molecule has 0 N–H and O–H groups in total. The molecule has 0 saturated heterocycles. The normalized spacial score (nSPS) is 10.4. The molecule has 2 rings (SSSR count). The van der Waals surface area contributed by atoms with Crippen molar-refractivity contribution in [2.45, 2.75) is 20.0 Å². The van der Waals surface area contributed by atoms with Gasteiger partial charge in [0.2, 0.25) is 5.88 Å². The highest BCUT2D eigenvalue weighted by Gasteiger charge is 2.09. The maximum absolute atomic E-state index is 13.4. The highest BCUT2D eigenvalue weighted by atomic mass is 19.1. The first-order valence-corrected chi connectivity index (χ1v) is 5.71. The highest BCUT2D eigenvalue weighted by Crippen LogP contribution is 2.16. The first kappa shape index (κ1) is 12.5. The zero-order valence-electron chi connectivity index (χ0n) is 9.99. The molecule has 2 nitrogen and oxygen atoms in total. The summed E-state index contributed by atoms with van der Waals surface area (Å²) in [6, 6.07) is 7.37. The van der Waals surface area contributed by atoms with Gasteiger partial charge in [-0.05, 0) is 30.2 Å². The molecule has 0 amide bonds. The second-order valence-electron chi connectivity index (χ2n) is 3.84. The van der Waals surface area contributed by atoms with E-state index in [1.165, 1.54) is 18.2 Å². The second-order valence-corrected chi connectivity index (χ2v) is 3.84. The van der Waals surface area contributed by atoms with E-state index in [0.29, 0.717) is 5.88 Å². The molecule has 0 aliphatic carbocycles. The van der Waals surface area contributed by atoms with Gasteiger partial charge < -0.3 is 4.74 Å². The van der Waals surface area contributed by atoms with Crippen molar-refractivity contribution in [2.24, 2.45) is 0 Å². The Hall–Kier alpha value is -1.97. The quantitative estimate of drug-likeness (QED) is 0.827. The Bertz CT molecular complexity index is 523. The second kappa shape index (κ2) is 5.58. The summed E-state index contributed by atoms with van der Waals surface area (Å²) in [7, 11) is 0. The maximum atomic E-state index is 13.4. The van der Waals surface area contributed by atoms with Crippen LogP contribution >= 0.6 is 0 Å². The first-order chi connectivity index (χ1) is 8.70. The molecule has 0 saturated carbocycles. The number of hydrogen-bond acceptors (Lipinski definition) is 2. The van der Waals surface area contributed by atoms with Crippen LogP contribution in [0.1, 0.15) is 18.1 Å². The average molecular weight is 249 g/mol. The summed E-state index contributed by atoms with van der Waals surface area (Å²) in [4.78, 5) is 3.99. The van der Waals surface area contributed by atoms with Crippen molar-refractivity contribution in [1.29, 1.82) is 0 Å². The SMILES string of the molecule is CCc1ccnc(OCc2c(F)cccc2F)c1. The molecule has 0 atom stereocenters. The van der Waals surface area contributed by atoms with Crippen LogP contribution in [-0.2, 0) is 13.0 Å². The topological polar surface area (TPSA) is 22.1 Å². The molecule has 0 aliphatic rings. The van der Waals surface area contributed by atoms with Crippen LogP contribution in [0.3, 0.4) is 0 Å². The third-order valence-electron chi connectivity index (χ3n) is 2.63. The fraction of sp³-hybridized carbons (Fsp3) is 0.214. The Labute approximate surface area is 104 Å². The number of aryl methyl sites for hydroxylation is 1. The molecule has 94 valence electrons. The van der Waals surface area contributed by atoms with Gasteiger partial charge in [-0.2, -0.15) is 0 Å². The monoisotopic (exact) mass is 249 g/mol. The lowest BCUT2D eigenvalue weighted by atomic mass is 10.2. The molecule has 0 bridgehead atoms. The molecule has 2 aromatic rings. The number of ether oxygens (including phenoxy) is 1. The maximum Gasteiger partial charge on any atom is 0.213 e. The summed E-state index contributed by atoms with van der Waals surface area (Å²) in [5, 5.41) is 0. The fourth-order valence-corrected chi connectivity index (χ4v) is 1.57. The van der Waals surface area contributed by atoms with E-state index in [1.54, 1.807) is 12.3 Å². The van der Waals surface area contributed by atoms with E-state index in [9.17, 15) is 8.78 Å². The average Bonchev–Trinajstić information content (AvgIpc) is 2.38. The van der Waals surface area contributed by atoms with E-state index in [2.05, 4.69) is 4.98 Å². The first-order valence-electron chi connectivity index (χ1n) is 5.71. The van der Waals surface area contributed by atoms with E-state index in [1.807, 2.05) is 13.0 Å². The standard InChI is InChI=1S/C14H13F2NO/c1-2-10-6-7-17-14(8-10)18-9-11-12(15)4-3-5-13(11)16/h3-8H,2,9H2,1H3. The summed E-state index contributed by atoms with van der Waals surface area (Å²) in [5.41, 5.74) is 0.982. The van der Waals surface area contributed by atoms with Crippen molar-refractivity contribution >= 4 is 0 Å². The van der Waals surface area contributed by atoms with Crippen LogP contribution in [0, 0.1) is 11.6 Å². The minimum absolute atomic E-state index is 0.0822. The van der Waals surface area contributed by atoms with E-state index in [-0.39, 0.29) is 12.2 Å². The lowest BCUT2D eigenvalue weighted by Gasteiger charge is -2.08. The molecule has 0 unspecified atom stereocenters. The van der Waals surface area contributed by atoms with E-state index in [4.69, 9.17) is 4.74 Å². The minimum atomic E-state index is -0.610. The van der Waals surface area contributed by atoms with Gasteiger partial charge in [-0.15, -0.1) is 0 Å². The Morgan fingerprint density at radius 1 is 1.17 bits per heavy atom. The van der Waals surface area contributed by atoms with Gasteiger partial charge in [-0.3, -0.25) is 0 Å². The zero-order valence-corrected chi connectivity index (χ0v) is 9.99. The number of hydrogen-bond donors (Lipinski definition) is 0. The number of halogens is 2. The third kappa shape index (κ3) is 2.83. The molecule has 0 radical (unpaired) electrons. The number of benzene rings is 1. The third-order valence-corrected chi connectivity index (χ3v) is 2.63. The Morgan fingerprint density at radius 2 is 1.89 bits per heavy atom. The van der Waals surface area contributed by atoms with E-state index < -0.39 is 11.6 Å². The van der Waals surface area contributed by atoms with E-state index in [0.717, 1.165) is 12.0 Å². The fourth-order valence-electron chi connectivity index (χ4n) is 1.57. The number of aromatic nitrogens is 1. The van der Waals surface area contributed by atoms with Crippen LogP contribution in [0.5, 0.6) is 5.88 Å². The molecule has 4 heteroatoms. The summed E-state index contributed by atoms with van der Waals surface area (Å²) in [5.74, 6) is -0.847. The van der Waals surface area contributed by atoms with Crippen molar-refractivity contribution in [1.82, 2.24) is 4.98 Å². The van der Waals surface area contributed by atoms with Gasteiger partial charge in [0.25, 0.3) is 0 Å². The van der Waals surface area contributed by atoms with Crippen LogP contribution in [0.25, 0.3) is 0 Å². The summed E-state index contributed by atoms with van der Waals surface area (Å²) >= 11 is 0. The Balaban J connectivity index is 2.11. The number of nitrogens with zero attached hydrogens (tertiary/aromatic N) is 1. The summed E-state index contributed by atoms with van der Waals surface area (Å²) in [6.45, 7) is 1.84. The van der Waals surface area contributed by atoms with Crippen LogP contribution in [0.15, 0.2) is 36.5 Å². The van der Waals surface area contributed by atoms with E-state index >= 15 is 0 Å². The van der Waals surface area contributed by atoms with Gasteiger partial charge in [-0.1, -0.05) is 13.0 Å². The van der Waals surface area contributed by atoms with Crippen molar-refractivity contribution in [3.63, 3.8) is 0 Å². The lowest BCUT2D eigenvalue weighted by Crippen LogP contribution is -2.03. The summed E-state index contributed by atoms with van der Waals surface area (Å²) in [6.07, 6.45) is 2.47. The lowest BCUT2D eigenvalue weighted by molar-refractivity contribution is 0.281. The Morgan fingerprint density at radius 3 is 2.56 bits per heavy atom. The molecule has 0 fully saturated rings. The van der Waals surface area contributed by atoms with Gasteiger partial charge >= 0.3 is 0 Å². The van der Waals surface area contributed by atoms with Crippen molar-refractivity contribution in [3.05, 3.63) is 59.3 Å². The molecule has 1 heterocycles. The van der Waals surface area contributed by atoms with Gasteiger partial charge in [-0.25, -0.2) is 13.8 Å². The van der Waals surface area contributed by atoms with Gasteiger partial charge in [0, 0.05) is 12.3 Å². The van der Waals surface area contributed by atoms with Gasteiger partial charge in [0.05, 0.1) is 5.56 Å². The highest BCUT2D eigenvalue weighted by molar-refractivity contribution is 5.22. The zero-order chi connectivity index (χ0) is 13.0. The van der Waals surface area contributed by atoms with Gasteiger partial charge in [0.1, 0.15) is 18.2 Å². The number of pyridine rings is 1. The molecule has 0 aliphatic heterocycles. The number of rotatable bonds is 4.